The molecule has 3 nitrogen and oxygen atoms in total. The minimum atomic E-state index is -0.0609. The minimum Gasteiger partial charge on any atom is -0.326 e. The summed E-state index contributed by atoms with van der Waals surface area (Å²) in [6.07, 6.45) is 1.16. The Kier molecular flexibility index (Phi) is 4.56. The van der Waals surface area contributed by atoms with E-state index in [1.807, 2.05) is 23.6 Å². The third kappa shape index (κ3) is 3.82. The Hall–Kier alpha value is -1.83. The van der Waals surface area contributed by atoms with Crippen molar-refractivity contribution in [2.75, 3.05) is 5.32 Å². The van der Waals surface area contributed by atoms with Crippen LogP contribution in [0.5, 0.6) is 0 Å². The molecule has 96 valence electrons. The standard InChI is InChI=1S/C14H11ClN2OS/c15-13-8-11(4-3-10(13)9-16)17-14(18)6-5-12-2-1-7-19-12/h1-4,7-8H,5-6H2,(H,17,18). The average Bonchev–Trinajstić information content (AvgIpc) is 2.90. The van der Waals surface area contributed by atoms with Gasteiger partial charge in [-0.3, -0.25) is 4.79 Å². The molecule has 1 heterocycles. The van der Waals surface area contributed by atoms with E-state index in [1.54, 1.807) is 29.5 Å². The van der Waals surface area contributed by atoms with E-state index in [1.165, 1.54) is 4.88 Å². The summed E-state index contributed by atoms with van der Waals surface area (Å²) in [6, 6.07) is 10.8. The summed E-state index contributed by atoms with van der Waals surface area (Å²) in [4.78, 5) is 12.9. The lowest BCUT2D eigenvalue weighted by Crippen LogP contribution is -2.12. The molecule has 1 amide bonds. The van der Waals surface area contributed by atoms with E-state index in [2.05, 4.69) is 5.32 Å². The third-order valence-electron chi connectivity index (χ3n) is 2.55. The van der Waals surface area contributed by atoms with Crippen molar-refractivity contribution in [2.24, 2.45) is 0 Å². The summed E-state index contributed by atoms with van der Waals surface area (Å²) in [5, 5.41) is 13.9. The lowest BCUT2D eigenvalue weighted by molar-refractivity contribution is -0.116. The number of nitrogens with one attached hydrogen (secondary N) is 1. The molecule has 1 N–H and O–H groups in total. The second-order valence-electron chi connectivity index (χ2n) is 3.93. The fourth-order valence-electron chi connectivity index (χ4n) is 1.60. The Morgan fingerprint density at radius 2 is 2.26 bits per heavy atom. The van der Waals surface area contributed by atoms with Crippen LogP contribution in [-0.4, -0.2) is 5.91 Å². The predicted molar refractivity (Wildman–Crippen MR) is 77.4 cm³/mol. The quantitative estimate of drug-likeness (QED) is 0.930. The van der Waals surface area contributed by atoms with E-state index < -0.39 is 0 Å². The third-order valence-corrected chi connectivity index (χ3v) is 3.80. The summed E-state index contributed by atoms with van der Waals surface area (Å²) >= 11 is 7.54. The van der Waals surface area contributed by atoms with E-state index in [9.17, 15) is 4.79 Å². The van der Waals surface area contributed by atoms with Crippen LogP contribution in [0.15, 0.2) is 35.7 Å². The number of nitrogens with zero attached hydrogens (tertiary/aromatic N) is 1. The van der Waals surface area contributed by atoms with Crippen molar-refractivity contribution in [3.63, 3.8) is 0 Å². The maximum absolute atomic E-state index is 11.8. The number of hydrogen-bond acceptors (Lipinski definition) is 3. The van der Waals surface area contributed by atoms with Crippen molar-refractivity contribution in [1.29, 1.82) is 5.26 Å². The smallest absolute Gasteiger partial charge is 0.224 e. The topological polar surface area (TPSA) is 52.9 Å². The summed E-state index contributed by atoms with van der Waals surface area (Å²) in [5.41, 5.74) is 1.01. The van der Waals surface area contributed by atoms with Gasteiger partial charge < -0.3 is 5.32 Å². The fraction of sp³-hybridized carbons (Fsp3) is 0.143. The highest BCUT2D eigenvalue weighted by atomic mass is 35.5. The van der Waals surface area contributed by atoms with Crippen LogP contribution in [0.25, 0.3) is 0 Å². The zero-order valence-electron chi connectivity index (χ0n) is 10.0. The molecule has 0 aliphatic carbocycles. The number of hydrogen-bond donors (Lipinski definition) is 1. The maximum atomic E-state index is 11.8. The van der Waals surface area contributed by atoms with E-state index in [4.69, 9.17) is 16.9 Å². The second-order valence-corrected chi connectivity index (χ2v) is 5.37. The molecule has 0 spiro atoms. The first kappa shape index (κ1) is 13.6. The van der Waals surface area contributed by atoms with Gasteiger partial charge in [-0.2, -0.15) is 5.26 Å². The van der Waals surface area contributed by atoms with Crippen molar-refractivity contribution >= 4 is 34.5 Å². The highest BCUT2D eigenvalue weighted by Crippen LogP contribution is 2.20. The molecule has 0 radical (unpaired) electrons. The number of carbonyl (C=O) groups excluding carboxylic acids is 1. The van der Waals surface area contributed by atoms with Gasteiger partial charge in [0, 0.05) is 17.0 Å². The minimum absolute atomic E-state index is 0.0609. The maximum Gasteiger partial charge on any atom is 0.224 e. The van der Waals surface area contributed by atoms with Crippen molar-refractivity contribution in [1.82, 2.24) is 0 Å². The van der Waals surface area contributed by atoms with Crippen molar-refractivity contribution in [3.05, 3.63) is 51.2 Å². The molecule has 1 aromatic heterocycles. The van der Waals surface area contributed by atoms with Gasteiger partial charge in [0.2, 0.25) is 5.91 Å². The van der Waals surface area contributed by atoms with Gasteiger partial charge in [-0.15, -0.1) is 11.3 Å². The number of rotatable bonds is 4. The van der Waals surface area contributed by atoms with Crippen molar-refractivity contribution in [3.8, 4) is 6.07 Å². The first-order valence-corrected chi connectivity index (χ1v) is 6.96. The molecule has 0 saturated carbocycles. The second kappa shape index (κ2) is 6.37. The Balaban J connectivity index is 1.92. The molecular formula is C14H11ClN2OS. The molecule has 1 aromatic carbocycles. The molecule has 0 saturated heterocycles. The number of carbonyl (C=O) groups is 1. The van der Waals surface area contributed by atoms with Gasteiger partial charge in [0.05, 0.1) is 10.6 Å². The van der Waals surface area contributed by atoms with E-state index in [0.717, 1.165) is 6.42 Å². The average molecular weight is 291 g/mol. The summed E-state index contributed by atoms with van der Waals surface area (Å²) in [6.45, 7) is 0. The Labute approximate surface area is 120 Å². The summed E-state index contributed by atoms with van der Waals surface area (Å²) in [5.74, 6) is -0.0609. The molecule has 5 heteroatoms. The molecule has 0 fully saturated rings. The van der Waals surface area contributed by atoms with Gasteiger partial charge >= 0.3 is 0 Å². The monoisotopic (exact) mass is 290 g/mol. The Bertz CT molecular complexity index is 617. The van der Waals surface area contributed by atoms with Crippen molar-refractivity contribution in [2.45, 2.75) is 12.8 Å². The van der Waals surface area contributed by atoms with Gasteiger partial charge in [0.25, 0.3) is 0 Å². The van der Waals surface area contributed by atoms with Crippen molar-refractivity contribution < 1.29 is 4.79 Å². The molecule has 2 rings (SSSR count). The lowest BCUT2D eigenvalue weighted by Gasteiger charge is -2.05. The number of nitriles is 1. The molecule has 0 bridgehead atoms. The number of benzene rings is 1. The fourth-order valence-corrected chi connectivity index (χ4v) is 2.53. The SMILES string of the molecule is N#Cc1ccc(NC(=O)CCc2cccs2)cc1Cl. The van der Waals surface area contributed by atoms with Gasteiger partial charge in [-0.05, 0) is 36.1 Å². The van der Waals surface area contributed by atoms with Gasteiger partial charge in [0.15, 0.2) is 0 Å². The molecule has 0 atom stereocenters. The van der Waals surface area contributed by atoms with Crippen LogP contribution in [-0.2, 0) is 11.2 Å². The number of aryl methyl sites for hydroxylation is 1. The Morgan fingerprint density at radius 1 is 1.42 bits per heavy atom. The highest BCUT2D eigenvalue weighted by Gasteiger charge is 2.06. The number of amides is 1. The first-order chi connectivity index (χ1) is 9.19. The highest BCUT2D eigenvalue weighted by molar-refractivity contribution is 7.09. The van der Waals surface area contributed by atoms with Gasteiger partial charge in [-0.1, -0.05) is 17.7 Å². The molecule has 2 aromatic rings. The molecule has 19 heavy (non-hydrogen) atoms. The zero-order chi connectivity index (χ0) is 13.7. The molecule has 0 unspecified atom stereocenters. The number of anilines is 1. The number of halogens is 1. The molecule has 0 aliphatic rings. The van der Waals surface area contributed by atoms with Crippen LogP contribution in [0.1, 0.15) is 16.9 Å². The lowest BCUT2D eigenvalue weighted by atomic mass is 10.2. The Morgan fingerprint density at radius 3 is 2.89 bits per heavy atom. The molecule has 0 aliphatic heterocycles. The normalized spacial score (nSPS) is 9.89. The first-order valence-electron chi connectivity index (χ1n) is 5.71. The van der Waals surface area contributed by atoms with Crippen LogP contribution in [0.2, 0.25) is 5.02 Å². The van der Waals surface area contributed by atoms with Crippen LogP contribution in [0.3, 0.4) is 0 Å². The van der Waals surface area contributed by atoms with E-state index >= 15 is 0 Å². The van der Waals surface area contributed by atoms with Crippen LogP contribution >= 0.6 is 22.9 Å². The largest absolute Gasteiger partial charge is 0.326 e. The van der Waals surface area contributed by atoms with Crippen LogP contribution in [0.4, 0.5) is 5.69 Å². The van der Waals surface area contributed by atoms with Gasteiger partial charge in [0.1, 0.15) is 6.07 Å². The zero-order valence-corrected chi connectivity index (χ0v) is 11.6. The predicted octanol–water partition coefficient (Wildman–Crippen LogP) is 3.84. The van der Waals surface area contributed by atoms with E-state index in [-0.39, 0.29) is 5.91 Å². The van der Waals surface area contributed by atoms with Gasteiger partial charge in [-0.25, -0.2) is 0 Å². The summed E-state index contributed by atoms with van der Waals surface area (Å²) in [7, 11) is 0. The van der Waals surface area contributed by atoms with Crippen LogP contribution in [0, 0.1) is 11.3 Å². The summed E-state index contributed by atoms with van der Waals surface area (Å²) < 4.78 is 0. The van der Waals surface area contributed by atoms with E-state index in [0.29, 0.717) is 22.7 Å². The number of thiophene rings is 1. The van der Waals surface area contributed by atoms with Crippen LogP contribution < -0.4 is 5.32 Å². The molecular weight excluding hydrogens is 280 g/mol.